The van der Waals surface area contributed by atoms with E-state index < -0.39 is 23.4 Å². The van der Waals surface area contributed by atoms with E-state index in [4.69, 9.17) is 9.47 Å². The molecular formula is C30H36N2O4. The number of hydrazine groups is 1. The highest BCUT2D eigenvalue weighted by Crippen LogP contribution is 2.40. The van der Waals surface area contributed by atoms with E-state index in [1.54, 1.807) is 0 Å². The minimum Gasteiger partial charge on any atom is -0.442 e. The minimum atomic E-state index is -0.714. The highest BCUT2D eigenvalue weighted by atomic mass is 16.6. The lowest BCUT2D eigenvalue weighted by Crippen LogP contribution is -2.52. The van der Waals surface area contributed by atoms with Gasteiger partial charge in [-0.3, -0.25) is 0 Å². The molecule has 1 aliphatic rings. The van der Waals surface area contributed by atoms with Gasteiger partial charge in [-0.1, -0.05) is 72.8 Å². The largest absolute Gasteiger partial charge is 0.442 e. The minimum absolute atomic E-state index is 0.293. The van der Waals surface area contributed by atoms with Crippen LogP contribution in [0, 0.1) is 0 Å². The molecule has 0 radical (unpaired) electrons. The van der Waals surface area contributed by atoms with Crippen molar-refractivity contribution < 1.29 is 19.1 Å². The van der Waals surface area contributed by atoms with Gasteiger partial charge in [0.15, 0.2) is 0 Å². The number of ether oxygens (including phenoxy) is 2. The van der Waals surface area contributed by atoms with Crippen LogP contribution in [0.2, 0.25) is 0 Å². The Morgan fingerprint density at radius 3 is 1.92 bits per heavy atom. The molecule has 1 heterocycles. The summed E-state index contributed by atoms with van der Waals surface area (Å²) in [5.41, 5.74) is 0.603. The second-order valence-corrected chi connectivity index (χ2v) is 11.4. The van der Waals surface area contributed by atoms with E-state index in [0.717, 1.165) is 21.9 Å². The zero-order chi connectivity index (χ0) is 26.1. The smallest absolute Gasteiger partial charge is 0.430 e. The number of carbonyl (C=O) groups is 2. The second-order valence-electron chi connectivity index (χ2n) is 11.4. The molecule has 190 valence electrons. The molecule has 4 rings (SSSR count). The molecule has 1 saturated heterocycles. The van der Waals surface area contributed by atoms with Crippen LogP contribution in [0.25, 0.3) is 10.8 Å². The van der Waals surface area contributed by atoms with Crippen LogP contribution in [0.1, 0.15) is 65.1 Å². The number of fused-ring (bicyclic) bond motifs is 1. The molecule has 6 heteroatoms. The average molecular weight is 489 g/mol. The van der Waals surface area contributed by atoms with Crippen LogP contribution in [0.4, 0.5) is 9.59 Å². The third-order valence-electron chi connectivity index (χ3n) is 6.00. The highest BCUT2D eigenvalue weighted by molar-refractivity contribution is 5.83. The molecule has 0 aromatic heterocycles. The maximum absolute atomic E-state index is 13.6. The van der Waals surface area contributed by atoms with Gasteiger partial charge in [0, 0.05) is 0 Å². The van der Waals surface area contributed by atoms with Crippen LogP contribution in [-0.2, 0) is 15.9 Å². The number of nitrogens with zero attached hydrogens (tertiary/aromatic N) is 2. The number of amides is 2. The fourth-order valence-corrected chi connectivity index (χ4v) is 4.61. The Bertz CT molecular complexity index is 1230. The number of carbonyl (C=O) groups excluding carboxylic acids is 2. The molecule has 2 atom stereocenters. The third-order valence-corrected chi connectivity index (χ3v) is 6.00. The zero-order valence-electron chi connectivity index (χ0n) is 22.0. The monoisotopic (exact) mass is 488 g/mol. The van der Waals surface area contributed by atoms with Crippen LogP contribution in [0.3, 0.4) is 0 Å². The molecule has 0 unspecified atom stereocenters. The molecular weight excluding hydrogens is 452 g/mol. The fourth-order valence-electron chi connectivity index (χ4n) is 4.61. The maximum atomic E-state index is 13.6. The van der Waals surface area contributed by atoms with Crippen LogP contribution in [0.15, 0.2) is 72.8 Å². The number of benzene rings is 3. The highest BCUT2D eigenvalue weighted by Gasteiger charge is 2.48. The van der Waals surface area contributed by atoms with E-state index in [-0.39, 0.29) is 12.1 Å². The van der Waals surface area contributed by atoms with Crippen molar-refractivity contribution in [3.63, 3.8) is 0 Å². The summed E-state index contributed by atoms with van der Waals surface area (Å²) in [6.45, 7) is 10.9. The third kappa shape index (κ3) is 5.99. The van der Waals surface area contributed by atoms with Crippen molar-refractivity contribution in [1.82, 2.24) is 10.0 Å². The number of rotatable bonds is 3. The van der Waals surface area contributed by atoms with Crippen molar-refractivity contribution in [3.8, 4) is 0 Å². The SMILES string of the molecule is CC(C)(C)OC(=O)N1[C@H](Cc2ccc3ccccc3c2)C[C@@H](c2ccccc2)N1C(=O)OC(C)(C)C. The van der Waals surface area contributed by atoms with E-state index in [9.17, 15) is 9.59 Å². The van der Waals surface area contributed by atoms with Gasteiger partial charge in [-0.15, -0.1) is 0 Å². The molecule has 0 spiro atoms. The van der Waals surface area contributed by atoms with Crippen molar-refractivity contribution in [3.05, 3.63) is 83.9 Å². The quantitative estimate of drug-likeness (QED) is 0.388. The normalized spacial score (nSPS) is 18.4. The molecule has 3 aromatic rings. The molecule has 0 bridgehead atoms. The summed E-state index contributed by atoms with van der Waals surface area (Å²) in [6, 6.07) is 23.7. The fraction of sp³-hybridized carbons (Fsp3) is 0.400. The Hall–Kier alpha value is -3.54. The second kappa shape index (κ2) is 9.84. The Morgan fingerprint density at radius 1 is 0.750 bits per heavy atom. The Morgan fingerprint density at radius 2 is 1.31 bits per heavy atom. The standard InChI is InChI=1S/C30H36N2O4/c1-29(2,3)35-27(33)31-25(19-21-16-17-22-12-10-11-15-24(22)18-21)20-26(23-13-8-7-9-14-23)32(31)28(34)36-30(4,5)6/h7-18,25-26H,19-20H2,1-6H3/t25-,26+/m1/s1. The van der Waals surface area contributed by atoms with Crippen LogP contribution in [0.5, 0.6) is 0 Å². The summed E-state index contributed by atoms with van der Waals surface area (Å²) in [4.78, 5) is 27.1. The van der Waals surface area contributed by atoms with Crippen molar-refractivity contribution in [2.45, 2.75) is 77.7 Å². The first-order valence-electron chi connectivity index (χ1n) is 12.5. The molecule has 6 nitrogen and oxygen atoms in total. The van der Waals surface area contributed by atoms with Crippen LogP contribution in [-0.4, -0.2) is 39.4 Å². The van der Waals surface area contributed by atoms with Crippen molar-refractivity contribution in [2.75, 3.05) is 0 Å². The van der Waals surface area contributed by atoms with E-state index in [1.165, 1.54) is 10.0 Å². The number of hydrogen-bond acceptors (Lipinski definition) is 4. The van der Waals surface area contributed by atoms with E-state index in [1.807, 2.05) is 84.0 Å². The molecule has 0 aliphatic carbocycles. The summed E-state index contributed by atoms with van der Waals surface area (Å²) in [6.07, 6.45) is 0.0167. The van der Waals surface area contributed by atoms with Gasteiger partial charge in [-0.2, -0.15) is 0 Å². The van der Waals surface area contributed by atoms with Crippen LogP contribution < -0.4 is 0 Å². The lowest BCUT2D eigenvalue weighted by atomic mass is 9.96. The summed E-state index contributed by atoms with van der Waals surface area (Å²) >= 11 is 0. The Kier molecular flexibility index (Phi) is 6.98. The van der Waals surface area contributed by atoms with Gasteiger partial charge >= 0.3 is 12.2 Å². The number of hydrogen-bond donors (Lipinski definition) is 0. The van der Waals surface area contributed by atoms with Gasteiger partial charge in [0.2, 0.25) is 0 Å². The van der Waals surface area contributed by atoms with Crippen molar-refractivity contribution in [1.29, 1.82) is 0 Å². The molecule has 36 heavy (non-hydrogen) atoms. The molecule has 0 saturated carbocycles. The summed E-state index contributed by atoms with van der Waals surface area (Å²) in [5.74, 6) is 0. The summed E-state index contributed by atoms with van der Waals surface area (Å²) < 4.78 is 11.6. The van der Waals surface area contributed by atoms with Gasteiger partial charge < -0.3 is 9.47 Å². The van der Waals surface area contributed by atoms with Gasteiger partial charge in [0.05, 0.1) is 12.1 Å². The molecule has 1 aliphatic heterocycles. The van der Waals surface area contributed by atoms with E-state index in [2.05, 4.69) is 30.3 Å². The van der Waals surface area contributed by atoms with Gasteiger partial charge in [0.1, 0.15) is 11.2 Å². The zero-order valence-corrected chi connectivity index (χ0v) is 22.0. The first kappa shape index (κ1) is 25.5. The van der Waals surface area contributed by atoms with Crippen LogP contribution >= 0.6 is 0 Å². The molecule has 1 fully saturated rings. The molecule has 2 amide bonds. The van der Waals surface area contributed by atoms with Gasteiger partial charge in [-0.25, -0.2) is 19.6 Å². The Balaban J connectivity index is 1.75. The lowest BCUT2D eigenvalue weighted by Gasteiger charge is -2.36. The predicted octanol–water partition coefficient (Wildman–Crippen LogP) is 7.29. The summed E-state index contributed by atoms with van der Waals surface area (Å²) in [5, 5.41) is 5.24. The lowest BCUT2D eigenvalue weighted by molar-refractivity contribution is -0.0637. The average Bonchev–Trinajstić information content (AvgIpc) is 3.17. The van der Waals surface area contributed by atoms with Gasteiger partial charge in [0.25, 0.3) is 0 Å². The molecule has 0 N–H and O–H groups in total. The van der Waals surface area contributed by atoms with Crippen molar-refractivity contribution >= 4 is 23.0 Å². The van der Waals surface area contributed by atoms with Crippen molar-refractivity contribution in [2.24, 2.45) is 0 Å². The van der Waals surface area contributed by atoms with Gasteiger partial charge in [-0.05, 0) is 76.3 Å². The summed E-state index contributed by atoms with van der Waals surface area (Å²) in [7, 11) is 0. The van der Waals surface area contributed by atoms with E-state index >= 15 is 0 Å². The first-order valence-corrected chi connectivity index (χ1v) is 12.5. The molecule has 3 aromatic carbocycles. The predicted molar refractivity (Wildman–Crippen MR) is 141 cm³/mol. The topological polar surface area (TPSA) is 59.1 Å². The Labute approximate surface area is 213 Å². The first-order chi connectivity index (χ1) is 16.9. The van der Waals surface area contributed by atoms with E-state index in [0.29, 0.717) is 12.8 Å². The maximum Gasteiger partial charge on any atom is 0.430 e.